The van der Waals surface area contributed by atoms with E-state index in [0.29, 0.717) is 17.9 Å². The number of methoxy groups -OCH3 is 1. The SMILES string of the molecule is COC1CNC(C(=O)N(CCC(C)C)C2CCCC2)C1. The van der Waals surface area contributed by atoms with Crippen molar-refractivity contribution in [3.63, 3.8) is 0 Å². The Morgan fingerprint density at radius 1 is 1.35 bits per heavy atom. The van der Waals surface area contributed by atoms with Gasteiger partial charge in [0.1, 0.15) is 0 Å². The Bertz CT molecular complexity index is 314. The summed E-state index contributed by atoms with van der Waals surface area (Å²) in [5, 5.41) is 3.33. The first-order valence-electron chi connectivity index (χ1n) is 8.18. The minimum absolute atomic E-state index is 0.0345. The summed E-state index contributed by atoms with van der Waals surface area (Å²) in [4.78, 5) is 15.0. The highest BCUT2D eigenvalue weighted by Gasteiger charge is 2.35. The molecule has 4 nitrogen and oxygen atoms in total. The van der Waals surface area contributed by atoms with Crippen LogP contribution in [-0.4, -0.2) is 49.2 Å². The van der Waals surface area contributed by atoms with Crippen LogP contribution in [-0.2, 0) is 9.53 Å². The van der Waals surface area contributed by atoms with Crippen LogP contribution in [0.5, 0.6) is 0 Å². The number of carbonyl (C=O) groups excluding carboxylic acids is 1. The van der Waals surface area contributed by atoms with Crippen molar-refractivity contribution in [1.29, 1.82) is 0 Å². The van der Waals surface area contributed by atoms with Gasteiger partial charge in [-0.15, -0.1) is 0 Å². The van der Waals surface area contributed by atoms with Crippen molar-refractivity contribution in [2.45, 2.75) is 70.6 Å². The third-order valence-electron chi connectivity index (χ3n) is 4.72. The number of ether oxygens (including phenoxy) is 1. The second kappa shape index (κ2) is 7.41. The van der Waals surface area contributed by atoms with Crippen LogP contribution < -0.4 is 5.32 Å². The lowest BCUT2D eigenvalue weighted by atomic mass is 10.1. The van der Waals surface area contributed by atoms with Crippen LogP contribution in [0.2, 0.25) is 0 Å². The minimum Gasteiger partial charge on any atom is -0.380 e. The molecule has 20 heavy (non-hydrogen) atoms. The van der Waals surface area contributed by atoms with Crippen molar-refractivity contribution in [1.82, 2.24) is 10.2 Å². The van der Waals surface area contributed by atoms with Gasteiger partial charge in [0, 0.05) is 26.2 Å². The minimum atomic E-state index is -0.0345. The summed E-state index contributed by atoms with van der Waals surface area (Å²) < 4.78 is 5.36. The molecule has 1 saturated carbocycles. The Morgan fingerprint density at radius 3 is 2.60 bits per heavy atom. The number of rotatable bonds is 6. The van der Waals surface area contributed by atoms with Gasteiger partial charge in [-0.1, -0.05) is 26.7 Å². The molecule has 0 spiro atoms. The first kappa shape index (κ1) is 15.8. The maximum atomic E-state index is 12.8. The highest BCUT2D eigenvalue weighted by molar-refractivity contribution is 5.82. The first-order chi connectivity index (χ1) is 9.61. The van der Waals surface area contributed by atoms with E-state index in [0.717, 1.165) is 25.9 Å². The second-order valence-electron chi connectivity index (χ2n) is 6.71. The van der Waals surface area contributed by atoms with Gasteiger partial charge in [0.2, 0.25) is 5.91 Å². The fourth-order valence-electron chi connectivity index (χ4n) is 3.36. The van der Waals surface area contributed by atoms with Crippen molar-refractivity contribution < 1.29 is 9.53 Å². The van der Waals surface area contributed by atoms with Gasteiger partial charge >= 0.3 is 0 Å². The molecule has 2 atom stereocenters. The van der Waals surface area contributed by atoms with Gasteiger partial charge < -0.3 is 15.0 Å². The molecule has 1 saturated heterocycles. The highest BCUT2D eigenvalue weighted by Crippen LogP contribution is 2.26. The zero-order valence-corrected chi connectivity index (χ0v) is 13.2. The van der Waals surface area contributed by atoms with Crippen molar-refractivity contribution >= 4 is 5.91 Å². The zero-order chi connectivity index (χ0) is 14.5. The van der Waals surface area contributed by atoms with Gasteiger partial charge in [-0.25, -0.2) is 0 Å². The molecule has 0 aromatic heterocycles. The van der Waals surface area contributed by atoms with Gasteiger partial charge in [0.15, 0.2) is 0 Å². The number of nitrogens with one attached hydrogen (secondary N) is 1. The number of nitrogens with zero attached hydrogens (tertiary/aromatic N) is 1. The lowest BCUT2D eigenvalue weighted by molar-refractivity contribution is -0.135. The average Bonchev–Trinajstić information content (AvgIpc) is 3.09. The topological polar surface area (TPSA) is 41.6 Å². The Kier molecular flexibility index (Phi) is 5.85. The molecule has 1 N–H and O–H groups in total. The van der Waals surface area contributed by atoms with Gasteiger partial charge in [-0.3, -0.25) is 4.79 Å². The molecule has 0 bridgehead atoms. The second-order valence-corrected chi connectivity index (χ2v) is 6.71. The number of amides is 1. The summed E-state index contributed by atoms with van der Waals surface area (Å²) >= 11 is 0. The number of hydrogen-bond acceptors (Lipinski definition) is 3. The third kappa shape index (κ3) is 3.95. The maximum Gasteiger partial charge on any atom is 0.240 e. The van der Waals surface area contributed by atoms with E-state index in [2.05, 4.69) is 24.1 Å². The predicted octanol–water partition coefficient (Wildman–Crippen LogP) is 2.18. The molecule has 1 aliphatic carbocycles. The van der Waals surface area contributed by atoms with Crippen LogP contribution >= 0.6 is 0 Å². The summed E-state index contributed by atoms with van der Waals surface area (Å²) in [6.45, 7) is 6.17. The molecule has 2 rings (SSSR count). The average molecular weight is 282 g/mol. The fourth-order valence-corrected chi connectivity index (χ4v) is 3.36. The number of carbonyl (C=O) groups is 1. The number of hydrogen-bond donors (Lipinski definition) is 1. The molecule has 2 unspecified atom stereocenters. The van der Waals surface area contributed by atoms with Crippen LogP contribution in [0.4, 0.5) is 0 Å². The van der Waals surface area contributed by atoms with Crippen LogP contribution in [0.3, 0.4) is 0 Å². The van der Waals surface area contributed by atoms with Gasteiger partial charge in [-0.05, 0) is 31.6 Å². The lowest BCUT2D eigenvalue weighted by Crippen LogP contribution is -2.48. The normalized spacial score (nSPS) is 27.4. The summed E-state index contributed by atoms with van der Waals surface area (Å²) in [7, 11) is 1.73. The van der Waals surface area contributed by atoms with Crippen LogP contribution in [0.15, 0.2) is 0 Å². The Labute approximate surface area is 123 Å². The maximum absolute atomic E-state index is 12.8. The van der Waals surface area contributed by atoms with Gasteiger partial charge in [0.05, 0.1) is 12.1 Å². The van der Waals surface area contributed by atoms with Crippen LogP contribution in [0.1, 0.15) is 52.4 Å². The van der Waals surface area contributed by atoms with E-state index in [9.17, 15) is 4.79 Å². The third-order valence-corrected chi connectivity index (χ3v) is 4.72. The van der Waals surface area contributed by atoms with Crippen molar-refractivity contribution in [2.75, 3.05) is 20.2 Å². The van der Waals surface area contributed by atoms with E-state index < -0.39 is 0 Å². The van der Waals surface area contributed by atoms with Crippen molar-refractivity contribution in [3.8, 4) is 0 Å². The Balaban J connectivity index is 1.95. The molecule has 116 valence electrons. The first-order valence-corrected chi connectivity index (χ1v) is 8.18. The van der Waals surface area contributed by atoms with E-state index in [1.54, 1.807) is 7.11 Å². The van der Waals surface area contributed by atoms with E-state index in [4.69, 9.17) is 4.74 Å². The van der Waals surface area contributed by atoms with Crippen LogP contribution in [0.25, 0.3) is 0 Å². The highest BCUT2D eigenvalue weighted by atomic mass is 16.5. The van der Waals surface area contributed by atoms with E-state index in [1.807, 2.05) is 0 Å². The zero-order valence-electron chi connectivity index (χ0n) is 13.2. The predicted molar refractivity (Wildman–Crippen MR) is 80.6 cm³/mol. The Morgan fingerprint density at radius 2 is 2.05 bits per heavy atom. The van der Waals surface area contributed by atoms with Crippen LogP contribution in [0, 0.1) is 5.92 Å². The summed E-state index contributed by atoms with van der Waals surface area (Å²) in [6, 6.07) is 0.442. The van der Waals surface area contributed by atoms with E-state index in [1.165, 1.54) is 25.7 Å². The molecule has 1 amide bonds. The van der Waals surface area contributed by atoms with E-state index >= 15 is 0 Å². The molecule has 0 radical (unpaired) electrons. The standard InChI is InChI=1S/C16H30N2O2/c1-12(2)8-9-18(13-6-4-5-7-13)16(19)15-10-14(20-3)11-17-15/h12-15,17H,4-11H2,1-3H3. The molecule has 0 aromatic rings. The van der Waals surface area contributed by atoms with Crippen molar-refractivity contribution in [2.24, 2.45) is 5.92 Å². The quantitative estimate of drug-likeness (QED) is 0.812. The molecule has 2 aliphatic rings. The molecule has 2 fully saturated rings. The molecule has 4 heteroatoms. The Hall–Kier alpha value is -0.610. The summed E-state index contributed by atoms with van der Waals surface area (Å²) in [5.41, 5.74) is 0. The molecular weight excluding hydrogens is 252 g/mol. The van der Waals surface area contributed by atoms with E-state index in [-0.39, 0.29) is 12.1 Å². The lowest BCUT2D eigenvalue weighted by Gasteiger charge is -2.32. The monoisotopic (exact) mass is 282 g/mol. The molecular formula is C16H30N2O2. The molecule has 1 heterocycles. The summed E-state index contributed by atoms with van der Waals surface area (Å²) in [6.07, 6.45) is 7.03. The van der Waals surface area contributed by atoms with Crippen molar-refractivity contribution in [3.05, 3.63) is 0 Å². The smallest absolute Gasteiger partial charge is 0.240 e. The molecule has 0 aromatic carbocycles. The summed E-state index contributed by atoms with van der Waals surface area (Å²) in [5.74, 6) is 0.951. The fraction of sp³-hybridized carbons (Fsp3) is 0.938. The molecule has 1 aliphatic heterocycles. The van der Waals surface area contributed by atoms with Gasteiger partial charge in [-0.2, -0.15) is 0 Å². The largest absolute Gasteiger partial charge is 0.380 e. The van der Waals surface area contributed by atoms with Gasteiger partial charge in [0.25, 0.3) is 0 Å².